The number of hydrogen-bond donors (Lipinski definition) is 2. The highest BCUT2D eigenvalue weighted by molar-refractivity contribution is 5.78. The maximum Gasteiger partial charge on any atom is 0.261 e. The Balaban J connectivity index is 1.41. The molecule has 2 aromatic carbocycles. The molecule has 4 rings (SSSR count). The number of para-hydroxylation sites is 3. The summed E-state index contributed by atoms with van der Waals surface area (Å²) in [5, 5.41) is 3.73. The maximum absolute atomic E-state index is 12.7. The zero-order chi connectivity index (χ0) is 21.8. The number of amides is 1. The van der Waals surface area contributed by atoms with Crippen molar-refractivity contribution in [2.24, 2.45) is 5.92 Å². The van der Waals surface area contributed by atoms with Crippen LogP contribution >= 0.6 is 0 Å². The van der Waals surface area contributed by atoms with E-state index in [4.69, 9.17) is 0 Å². The van der Waals surface area contributed by atoms with E-state index < -0.39 is 0 Å². The summed E-state index contributed by atoms with van der Waals surface area (Å²) in [6.45, 7) is 4.66. The Kier molecular flexibility index (Phi) is 6.11. The van der Waals surface area contributed by atoms with Crippen molar-refractivity contribution < 1.29 is 4.79 Å². The minimum absolute atomic E-state index is 0.0486. The highest BCUT2D eigenvalue weighted by Gasteiger charge is 2.23. The van der Waals surface area contributed by atoms with Crippen LogP contribution in [0.25, 0.3) is 21.9 Å². The second-order valence-corrected chi connectivity index (χ2v) is 7.93. The van der Waals surface area contributed by atoms with Crippen molar-refractivity contribution in [1.29, 1.82) is 0 Å². The van der Waals surface area contributed by atoms with Crippen LogP contribution in [0.5, 0.6) is 0 Å². The van der Waals surface area contributed by atoms with Crippen molar-refractivity contribution in [3.63, 3.8) is 0 Å². The number of H-pyrrole nitrogens is 1. The van der Waals surface area contributed by atoms with Gasteiger partial charge in [0.25, 0.3) is 5.56 Å². The Bertz CT molecular complexity index is 1230. The maximum atomic E-state index is 12.7. The molecule has 2 atom stereocenters. The van der Waals surface area contributed by atoms with Gasteiger partial charge in [0.05, 0.1) is 34.3 Å². The van der Waals surface area contributed by atoms with Crippen molar-refractivity contribution in [1.82, 2.24) is 24.8 Å². The quantitative estimate of drug-likeness (QED) is 0.454. The molecule has 0 saturated carbocycles. The predicted molar refractivity (Wildman–Crippen MR) is 122 cm³/mol. The van der Waals surface area contributed by atoms with Gasteiger partial charge in [-0.2, -0.15) is 0 Å². The first kappa shape index (κ1) is 20.8. The van der Waals surface area contributed by atoms with E-state index in [2.05, 4.69) is 34.1 Å². The largest absolute Gasteiger partial charge is 0.346 e. The average Bonchev–Trinajstić information content (AvgIpc) is 3.22. The van der Waals surface area contributed by atoms with Crippen molar-refractivity contribution >= 4 is 27.8 Å². The van der Waals surface area contributed by atoms with E-state index >= 15 is 0 Å². The van der Waals surface area contributed by atoms with E-state index in [-0.39, 0.29) is 23.4 Å². The Hall–Kier alpha value is -3.48. The van der Waals surface area contributed by atoms with Gasteiger partial charge >= 0.3 is 0 Å². The second-order valence-electron chi connectivity index (χ2n) is 7.93. The topological polar surface area (TPSA) is 92.7 Å². The summed E-state index contributed by atoms with van der Waals surface area (Å²) in [5.74, 6) is 0.961. The molecule has 0 aliphatic heterocycles. The van der Waals surface area contributed by atoms with E-state index in [1.54, 1.807) is 17.0 Å². The van der Waals surface area contributed by atoms with Gasteiger partial charge in [-0.1, -0.05) is 44.5 Å². The normalized spacial score (nSPS) is 13.4. The van der Waals surface area contributed by atoms with E-state index in [1.165, 1.54) is 0 Å². The molecule has 1 amide bonds. The molecule has 0 saturated heterocycles. The molecule has 0 aliphatic rings. The van der Waals surface area contributed by atoms with Crippen LogP contribution < -0.4 is 10.9 Å². The van der Waals surface area contributed by atoms with Gasteiger partial charge in [-0.15, -0.1) is 0 Å². The third-order valence-electron chi connectivity index (χ3n) is 5.77. The Morgan fingerprint density at radius 3 is 2.65 bits per heavy atom. The fourth-order valence-electron chi connectivity index (χ4n) is 3.76. The lowest BCUT2D eigenvalue weighted by Crippen LogP contribution is -2.33. The molecular weight excluding hydrogens is 390 g/mol. The lowest BCUT2D eigenvalue weighted by Gasteiger charge is -2.22. The van der Waals surface area contributed by atoms with Crippen LogP contribution in [-0.2, 0) is 11.3 Å². The molecule has 2 aromatic heterocycles. The molecule has 31 heavy (non-hydrogen) atoms. The van der Waals surface area contributed by atoms with E-state index in [9.17, 15) is 9.59 Å². The minimum Gasteiger partial charge on any atom is -0.346 e. The Labute approximate surface area is 180 Å². The van der Waals surface area contributed by atoms with Crippen LogP contribution in [0.15, 0.2) is 59.7 Å². The van der Waals surface area contributed by atoms with Gasteiger partial charge in [-0.05, 0) is 36.6 Å². The van der Waals surface area contributed by atoms with Crippen LogP contribution in [0, 0.1) is 5.92 Å². The number of nitrogens with one attached hydrogen (secondary N) is 2. The average molecular weight is 418 g/mol. The van der Waals surface area contributed by atoms with Gasteiger partial charge < -0.3 is 10.3 Å². The number of nitrogens with zero attached hydrogens (tertiary/aromatic N) is 3. The van der Waals surface area contributed by atoms with Crippen LogP contribution in [-0.4, -0.2) is 25.4 Å². The van der Waals surface area contributed by atoms with Gasteiger partial charge in [0.15, 0.2) is 0 Å². The molecule has 0 fully saturated rings. The summed E-state index contributed by atoms with van der Waals surface area (Å²) >= 11 is 0. The Morgan fingerprint density at radius 2 is 1.87 bits per heavy atom. The molecule has 0 aliphatic carbocycles. The first-order valence-corrected chi connectivity index (χ1v) is 10.7. The molecule has 7 heteroatoms. The molecule has 4 aromatic rings. The molecular formula is C24H27N5O2. The first-order chi connectivity index (χ1) is 15.1. The number of hydrogen-bond acceptors (Lipinski definition) is 4. The molecule has 0 bridgehead atoms. The van der Waals surface area contributed by atoms with Crippen LogP contribution in [0.2, 0.25) is 0 Å². The van der Waals surface area contributed by atoms with Crippen molar-refractivity contribution in [3.05, 3.63) is 71.0 Å². The molecule has 0 radical (unpaired) electrons. The fourth-order valence-corrected chi connectivity index (χ4v) is 3.76. The zero-order valence-electron chi connectivity index (χ0n) is 17.8. The number of benzene rings is 2. The number of imidazole rings is 1. The minimum atomic E-state index is -0.185. The smallest absolute Gasteiger partial charge is 0.261 e. The number of aryl methyl sites for hydroxylation is 1. The third kappa shape index (κ3) is 4.50. The van der Waals surface area contributed by atoms with Crippen LogP contribution in [0.3, 0.4) is 0 Å². The SMILES string of the molecule is CC[C@H](C)[C@@H](NC(=O)CCCn1cnc2ccccc2c1=O)c1nc2ccccc2[nH]1. The number of aromatic nitrogens is 4. The monoisotopic (exact) mass is 417 g/mol. The molecule has 7 nitrogen and oxygen atoms in total. The number of fused-ring (bicyclic) bond motifs is 2. The van der Waals surface area contributed by atoms with Gasteiger partial charge in [-0.25, -0.2) is 9.97 Å². The van der Waals surface area contributed by atoms with Gasteiger partial charge in [0, 0.05) is 13.0 Å². The van der Waals surface area contributed by atoms with Gasteiger partial charge in [-0.3, -0.25) is 14.2 Å². The van der Waals surface area contributed by atoms with E-state index in [0.29, 0.717) is 30.3 Å². The van der Waals surface area contributed by atoms with E-state index in [0.717, 1.165) is 23.3 Å². The summed E-state index contributed by atoms with van der Waals surface area (Å²) < 4.78 is 1.57. The molecule has 0 unspecified atom stereocenters. The summed E-state index contributed by atoms with van der Waals surface area (Å²) in [6, 6.07) is 15.0. The summed E-state index contributed by atoms with van der Waals surface area (Å²) in [7, 11) is 0. The molecule has 2 heterocycles. The summed E-state index contributed by atoms with van der Waals surface area (Å²) in [5.41, 5.74) is 2.46. The lowest BCUT2D eigenvalue weighted by atomic mass is 9.98. The third-order valence-corrected chi connectivity index (χ3v) is 5.77. The Morgan fingerprint density at radius 1 is 1.13 bits per heavy atom. The molecule has 0 spiro atoms. The van der Waals surface area contributed by atoms with Crippen molar-refractivity contribution in [2.45, 2.75) is 45.7 Å². The van der Waals surface area contributed by atoms with Crippen molar-refractivity contribution in [2.75, 3.05) is 0 Å². The predicted octanol–water partition coefficient (Wildman–Crippen LogP) is 3.96. The standard InChI is InChI=1S/C24H27N5O2/c1-3-16(2)22(23-26-19-11-6-7-12-20(19)27-23)28-21(30)13-8-14-29-15-25-18-10-5-4-9-17(18)24(29)31/h4-7,9-12,15-16,22H,3,8,13-14H2,1-2H3,(H,26,27)(H,28,30)/t16-,22+/m0/s1. The number of rotatable bonds is 8. The number of carbonyl (C=O) groups is 1. The number of carbonyl (C=O) groups excluding carboxylic acids is 1. The zero-order valence-corrected chi connectivity index (χ0v) is 17.8. The van der Waals surface area contributed by atoms with Crippen LogP contribution in [0.4, 0.5) is 0 Å². The molecule has 2 N–H and O–H groups in total. The first-order valence-electron chi connectivity index (χ1n) is 10.7. The highest BCUT2D eigenvalue weighted by Crippen LogP contribution is 2.24. The highest BCUT2D eigenvalue weighted by atomic mass is 16.1. The lowest BCUT2D eigenvalue weighted by molar-refractivity contribution is -0.122. The second kappa shape index (κ2) is 9.12. The van der Waals surface area contributed by atoms with Crippen molar-refractivity contribution in [3.8, 4) is 0 Å². The summed E-state index contributed by atoms with van der Waals surface area (Å²) in [6.07, 6.45) is 3.35. The van der Waals surface area contributed by atoms with Gasteiger partial charge in [0.1, 0.15) is 5.82 Å². The fraction of sp³-hybridized carbons (Fsp3) is 0.333. The molecule has 160 valence electrons. The van der Waals surface area contributed by atoms with Crippen LogP contribution in [0.1, 0.15) is 45.0 Å². The number of aromatic amines is 1. The van der Waals surface area contributed by atoms with Gasteiger partial charge in [0.2, 0.25) is 5.91 Å². The van der Waals surface area contributed by atoms with E-state index in [1.807, 2.05) is 42.5 Å². The summed E-state index contributed by atoms with van der Waals surface area (Å²) in [4.78, 5) is 37.6.